The maximum Gasteiger partial charge on any atom is 0.0486 e. The summed E-state index contributed by atoms with van der Waals surface area (Å²) >= 11 is 0. The van der Waals surface area contributed by atoms with Gasteiger partial charge in [0.1, 0.15) is 0 Å². The van der Waals surface area contributed by atoms with Gasteiger partial charge in [-0.25, -0.2) is 0 Å². The van der Waals surface area contributed by atoms with Gasteiger partial charge in [-0.15, -0.1) is 0 Å². The van der Waals surface area contributed by atoms with Crippen LogP contribution in [0.25, 0.3) is 10.9 Å². The zero-order valence-electron chi connectivity index (χ0n) is 16.1. The third kappa shape index (κ3) is 4.75. The second-order valence-electron chi connectivity index (χ2n) is 6.84. The molecule has 3 nitrogen and oxygen atoms in total. The number of para-hydroxylation sites is 1. The Kier molecular flexibility index (Phi) is 6.87. The lowest BCUT2D eigenvalue weighted by Crippen LogP contribution is -2.27. The molecule has 3 heteroatoms. The SMILES string of the molecule is CCN(CC)CCCNCc1cn(Cc2ccccc2)c2ccccc12. The van der Waals surface area contributed by atoms with E-state index >= 15 is 0 Å². The van der Waals surface area contributed by atoms with E-state index in [-0.39, 0.29) is 0 Å². The number of aromatic nitrogens is 1. The van der Waals surface area contributed by atoms with Crippen LogP contribution in [-0.4, -0.2) is 35.6 Å². The molecule has 0 atom stereocenters. The van der Waals surface area contributed by atoms with Crippen LogP contribution >= 0.6 is 0 Å². The fraction of sp³-hybridized carbons (Fsp3) is 0.391. The minimum absolute atomic E-state index is 0.920. The fourth-order valence-corrected chi connectivity index (χ4v) is 3.57. The molecule has 0 saturated heterocycles. The van der Waals surface area contributed by atoms with Crippen molar-refractivity contribution in [1.29, 1.82) is 0 Å². The molecule has 0 amide bonds. The van der Waals surface area contributed by atoms with Crippen LogP contribution in [0.2, 0.25) is 0 Å². The largest absolute Gasteiger partial charge is 0.343 e. The quantitative estimate of drug-likeness (QED) is 0.543. The first-order valence-corrected chi connectivity index (χ1v) is 9.85. The second-order valence-corrected chi connectivity index (χ2v) is 6.84. The molecule has 138 valence electrons. The normalized spacial score (nSPS) is 11.5. The van der Waals surface area contributed by atoms with Gasteiger partial charge < -0.3 is 14.8 Å². The van der Waals surface area contributed by atoms with Gasteiger partial charge in [-0.3, -0.25) is 0 Å². The van der Waals surface area contributed by atoms with Gasteiger partial charge in [0, 0.05) is 30.2 Å². The van der Waals surface area contributed by atoms with Crippen molar-refractivity contribution in [2.24, 2.45) is 0 Å². The van der Waals surface area contributed by atoms with Crippen molar-refractivity contribution >= 4 is 10.9 Å². The van der Waals surface area contributed by atoms with E-state index in [0.717, 1.165) is 32.7 Å². The molecule has 1 heterocycles. The predicted octanol–water partition coefficient (Wildman–Crippen LogP) is 4.51. The molecule has 0 fully saturated rings. The van der Waals surface area contributed by atoms with E-state index < -0.39 is 0 Å². The van der Waals surface area contributed by atoms with Crippen LogP contribution in [-0.2, 0) is 13.1 Å². The highest BCUT2D eigenvalue weighted by molar-refractivity contribution is 5.84. The molecule has 0 saturated carbocycles. The molecule has 0 bridgehead atoms. The topological polar surface area (TPSA) is 20.2 Å². The number of nitrogens with zero attached hydrogens (tertiary/aromatic N) is 2. The molecule has 2 aromatic carbocycles. The van der Waals surface area contributed by atoms with E-state index in [1.54, 1.807) is 0 Å². The van der Waals surface area contributed by atoms with E-state index in [1.807, 2.05) is 0 Å². The lowest BCUT2D eigenvalue weighted by atomic mass is 10.2. The molecule has 0 aliphatic rings. The van der Waals surface area contributed by atoms with Crippen LogP contribution < -0.4 is 5.32 Å². The van der Waals surface area contributed by atoms with Crippen molar-refractivity contribution in [2.75, 3.05) is 26.2 Å². The molecule has 26 heavy (non-hydrogen) atoms. The van der Waals surface area contributed by atoms with E-state index in [9.17, 15) is 0 Å². The summed E-state index contributed by atoms with van der Waals surface area (Å²) in [5.74, 6) is 0. The molecule has 0 unspecified atom stereocenters. The summed E-state index contributed by atoms with van der Waals surface area (Å²) in [5, 5.41) is 5.00. The minimum Gasteiger partial charge on any atom is -0.343 e. The molecular formula is C23H31N3. The Balaban J connectivity index is 1.63. The number of rotatable bonds is 10. The molecule has 1 aromatic heterocycles. The van der Waals surface area contributed by atoms with Crippen LogP contribution in [0.5, 0.6) is 0 Å². The number of nitrogens with one attached hydrogen (secondary N) is 1. The summed E-state index contributed by atoms with van der Waals surface area (Å²) in [5.41, 5.74) is 4.04. The number of hydrogen-bond donors (Lipinski definition) is 1. The van der Waals surface area contributed by atoms with Crippen molar-refractivity contribution in [1.82, 2.24) is 14.8 Å². The van der Waals surface area contributed by atoms with Crippen molar-refractivity contribution in [2.45, 2.75) is 33.4 Å². The van der Waals surface area contributed by atoms with Gasteiger partial charge in [0.25, 0.3) is 0 Å². The molecule has 0 radical (unpaired) electrons. The highest BCUT2D eigenvalue weighted by Gasteiger charge is 2.08. The average molecular weight is 350 g/mol. The van der Waals surface area contributed by atoms with Gasteiger partial charge >= 0.3 is 0 Å². The van der Waals surface area contributed by atoms with Crippen LogP contribution in [0.1, 0.15) is 31.4 Å². The maximum atomic E-state index is 3.63. The first kappa shape index (κ1) is 18.7. The predicted molar refractivity (Wildman–Crippen MR) is 112 cm³/mol. The monoisotopic (exact) mass is 349 g/mol. The lowest BCUT2D eigenvalue weighted by molar-refractivity contribution is 0.298. The zero-order chi connectivity index (χ0) is 18.2. The summed E-state index contributed by atoms with van der Waals surface area (Å²) in [6.07, 6.45) is 3.51. The Morgan fingerprint density at radius 2 is 1.65 bits per heavy atom. The standard InChI is InChI=1S/C23H31N3/c1-3-25(4-2)16-10-15-24-17-21-19-26(18-20-11-6-5-7-12-20)23-14-9-8-13-22(21)23/h5-9,11-14,19,24H,3-4,10,15-18H2,1-2H3. The van der Waals surface area contributed by atoms with Crippen LogP contribution in [0.3, 0.4) is 0 Å². The highest BCUT2D eigenvalue weighted by Crippen LogP contribution is 2.22. The number of fused-ring (bicyclic) bond motifs is 1. The molecular weight excluding hydrogens is 318 g/mol. The van der Waals surface area contributed by atoms with Gasteiger partial charge in [0.15, 0.2) is 0 Å². The summed E-state index contributed by atoms with van der Waals surface area (Å²) in [6, 6.07) is 19.4. The van der Waals surface area contributed by atoms with Crippen LogP contribution in [0.4, 0.5) is 0 Å². The third-order valence-electron chi connectivity index (χ3n) is 5.10. The molecule has 0 spiro atoms. The zero-order valence-corrected chi connectivity index (χ0v) is 16.1. The molecule has 3 rings (SSSR count). The van der Waals surface area contributed by atoms with Crippen molar-refractivity contribution in [3.63, 3.8) is 0 Å². The Labute approximate surface area is 157 Å². The Morgan fingerprint density at radius 3 is 2.42 bits per heavy atom. The molecule has 0 aliphatic carbocycles. The van der Waals surface area contributed by atoms with Gasteiger partial charge in [-0.2, -0.15) is 0 Å². The number of hydrogen-bond acceptors (Lipinski definition) is 2. The average Bonchev–Trinajstić information content (AvgIpc) is 3.03. The summed E-state index contributed by atoms with van der Waals surface area (Å²) in [7, 11) is 0. The Hall–Kier alpha value is -2.10. The van der Waals surface area contributed by atoms with Crippen LogP contribution in [0.15, 0.2) is 60.8 Å². The van der Waals surface area contributed by atoms with E-state index in [2.05, 4.69) is 89.4 Å². The molecule has 3 aromatic rings. The fourth-order valence-electron chi connectivity index (χ4n) is 3.57. The smallest absolute Gasteiger partial charge is 0.0486 e. The first-order valence-electron chi connectivity index (χ1n) is 9.85. The Bertz CT molecular complexity index is 788. The van der Waals surface area contributed by atoms with Crippen molar-refractivity contribution in [3.8, 4) is 0 Å². The first-order chi connectivity index (χ1) is 12.8. The lowest BCUT2D eigenvalue weighted by Gasteiger charge is -2.17. The van der Waals surface area contributed by atoms with E-state index in [4.69, 9.17) is 0 Å². The van der Waals surface area contributed by atoms with Gasteiger partial charge in [0.05, 0.1) is 0 Å². The van der Waals surface area contributed by atoms with Gasteiger partial charge in [-0.1, -0.05) is 62.4 Å². The third-order valence-corrected chi connectivity index (χ3v) is 5.10. The van der Waals surface area contributed by atoms with E-state index in [0.29, 0.717) is 0 Å². The summed E-state index contributed by atoms with van der Waals surface area (Å²) in [4.78, 5) is 2.48. The van der Waals surface area contributed by atoms with Gasteiger partial charge in [-0.05, 0) is 49.8 Å². The number of benzene rings is 2. The molecule has 0 aliphatic heterocycles. The Morgan fingerprint density at radius 1 is 0.923 bits per heavy atom. The maximum absolute atomic E-state index is 3.63. The second kappa shape index (κ2) is 9.56. The molecule has 1 N–H and O–H groups in total. The highest BCUT2D eigenvalue weighted by atomic mass is 15.1. The van der Waals surface area contributed by atoms with Crippen molar-refractivity contribution < 1.29 is 0 Å². The van der Waals surface area contributed by atoms with Crippen molar-refractivity contribution in [3.05, 3.63) is 71.9 Å². The summed E-state index contributed by atoms with van der Waals surface area (Å²) in [6.45, 7) is 10.8. The van der Waals surface area contributed by atoms with E-state index in [1.165, 1.54) is 35.0 Å². The van der Waals surface area contributed by atoms with Gasteiger partial charge in [0.2, 0.25) is 0 Å². The van der Waals surface area contributed by atoms with Crippen LogP contribution in [0, 0.1) is 0 Å². The summed E-state index contributed by atoms with van der Waals surface area (Å²) < 4.78 is 2.37. The minimum atomic E-state index is 0.920.